The highest BCUT2D eigenvalue weighted by molar-refractivity contribution is 7.31. The van der Waals surface area contributed by atoms with Crippen LogP contribution in [-0.2, 0) is 0 Å². The molecule has 0 aromatic carbocycles. The lowest BCUT2D eigenvalue weighted by atomic mass is 9.96. The number of fused-ring (bicyclic) bond motifs is 1. The molecule has 224 valence electrons. The Kier molecular flexibility index (Phi) is 13.3. The fraction of sp³-hybridized carbons (Fsp3) is 0.526. The Labute approximate surface area is 272 Å². The lowest BCUT2D eigenvalue weighted by Gasteiger charge is -2.10. The molecule has 4 rings (SSSR count). The Balaban J connectivity index is 1.56. The van der Waals surface area contributed by atoms with E-state index in [-0.39, 0.29) is 0 Å². The zero-order valence-corrected chi connectivity index (χ0v) is 29.7. The smallest absolute Gasteiger partial charge is 0.0876 e. The summed E-state index contributed by atoms with van der Waals surface area (Å²) in [6.07, 6.45) is 12.3. The molecule has 0 aliphatic carbocycles. The van der Waals surface area contributed by atoms with Crippen LogP contribution in [0, 0.1) is 47.4 Å². The van der Waals surface area contributed by atoms with Gasteiger partial charge in [-0.3, -0.25) is 0 Å². The highest BCUT2D eigenvalue weighted by atomic mass is 32.1. The summed E-state index contributed by atoms with van der Waals surface area (Å²) >= 11 is 7.41. The first-order valence-corrected chi connectivity index (χ1v) is 19.4. The molecule has 2 unspecified atom stereocenters. The van der Waals surface area contributed by atoms with Crippen molar-refractivity contribution in [1.29, 1.82) is 0 Å². The van der Waals surface area contributed by atoms with E-state index in [2.05, 4.69) is 100 Å². The molecular formula is C38H48S4. The Morgan fingerprint density at radius 3 is 1.36 bits per heavy atom. The van der Waals surface area contributed by atoms with Crippen molar-refractivity contribution in [2.75, 3.05) is 0 Å². The Hall–Kier alpha value is -1.82. The fourth-order valence-electron chi connectivity index (χ4n) is 5.36. The van der Waals surface area contributed by atoms with E-state index in [0.29, 0.717) is 0 Å². The van der Waals surface area contributed by atoms with Gasteiger partial charge in [-0.2, -0.15) is 0 Å². The third-order valence-corrected chi connectivity index (χ3v) is 12.1. The maximum atomic E-state index is 3.64. The first-order valence-electron chi connectivity index (χ1n) is 16.0. The molecule has 0 spiro atoms. The van der Waals surface area contributed by atoms with E-state index in [1.165, 1.54) is 91.4 Å². The Morgan fingerprint density at radius 2 is 1.00 bits per heavy atom. The number of thiophene rings is 4. The number of rotatable bonds is 14. The minimum Gasteiger partial charge on any atom is -0.144 e. The van der Waals surface area contributed by atoms with Gasteiger partial charge in [-0.1, -0.05) is 116 Å². The second-order valence-corrected chi connectivity index (χ2v) is 16.7. The van der Waals surface area contributed by atoms with Crippen molar-refractivity contribution in [3.8, 4) is 44.6 Å². The molecule has 0 aliphatic rings. The van der Waals surface area contributed by atoms with Crippen LogP contribution >= 0.6 is 45.3 Å². The van der Waals surface area contributed by atoms with E-state index >= 15 is 0 Å². The van der Waals surface area contributed by atoms with Crippen molar-refractivity contribution in [2.45, 2.75) is 106 Å². The van der Waals surface area contributed by atoms with Crippen LogP contribution in [0.15, 0.2) is 35.0 Å². The van der Waals surface area contributed by atoms with Gasteiger partial charge in [-0.15, -0.1) is 45.3 Å². The molecule has 42 heavy (non-hydrogen) atoms. The van der Waals surface area contributed by atoms with Crippen molar-refractivity contribution in [1.82, 2.24) is 0 Å². The monoisotopic (exact) mass is 632 g/mol. The molecule has 0 fully saturated rings. The summed E-state index contributed by atoms with van der Waals surface area (Å²) < 4.78 is 2.73. The second-order valence-electron chi connectivity index (χ2n) is 12.8. The standard InChI is InChI=1S/C38H48S4/c1-27(2)15-11-19-29(5)17-7-9-21-33-35(31-23-13-25-39-31)37-38(41-33)36(32-24-14-26-40-32)34(42-37)22-10-8-18-30(6)20-12-16-28(3)4/h13-14,23-30H,7-8,11-12,15-20H2,1-6H3. The maximum Gasteiger partial charge on any atom is 0.0876 e. The van der Waals surface area contributed by atoms with Gasteiger partial charge in [0.1, 0.15) is 0 Å². The van der Waals surface area contributed by atoms with Gasteiger partial charge in [0.2, 0.25) is 0 Å². The molecule has 4 heterocycles. The van der Waals surface area contributed by atoms with E-state index in [4.69, 9.17) is 0 Å². The maximum absolute atomic E-state index is 3.64. The topological polar surface area (TPSA) is 0 Å². The zero-order valence-electron chi connectivity index (χ0n) is 26.5. The van der Waals surface area contributed by atoms with Gasteiger partial charge < -0.3 is 0 Å². The predicted octanol–water partition coefficient (Wildman–Crippen LogP) is 13.6. The molecule has 0 amide bonds. The van der Waals surface area contributed by atoms with Crippen molar-refractivity contribution >= 4 is 54.7 Å². The van der Waals surface area contributed by atoms with Crippen LogP contribution < -0.4 is 0 Å². The SMILES string of the molecule is CC(C)CCCC(C)CCC#Cc1sc2c(-c3cccs3)c(C#CCCC(C)CCCC(C)C)sc2c1-c1cccs1. The molecule has 0 N–H and O–H groups in total. The van der Waals surface area contributed by atoms with Gasteiger partial charge >= 0.3 is 0 Å². The van der Waals surface area contributed by atoms with Crippen LogP contribution in [0.2, 0.25) is 0 Å². The van der Waals surface area contributed by atoms with Crippen molar-refractivity contribution < 1.29 is 0 Å². The summed E-state index contributed by atoms with van der Waals surface area (Å²) in [5, 5.41) is 4.37. The lowest BCUT2D eigenvalue weighted by Crippen LogP contribution is -1.96. The van der Waals surface area contributed by atoms with E-state index < -0.39 is 0 Å². The van der Waals surface area contributed by atoms with Gasteiger partial charge in [0.05, 0.1) is 19.2 Å². The Bertz CT molecular complexity index is 1360. The molecule has 4 aromatic heterocycles. The third-order valence-electron chi connectivity index (χ3n) is 7.94. The van der Waals surface area contributed by atoms with Gasteiger partial charge in [0.25, 0.3) is 0 Å². The van der Waals surface area contributed by atoms with E-state index in [9.17, 15) is 0 Å². The zero-order chi connectivity index (χ0) is 29.9. The van der Waals surface area contributed by atoms with Crippen LogP contribution in [0.25, 0.3) is 30.3 Å². The van der Waals surface area contributed by atoms with Crippen LogP contribution in [0.1, 0.15) is 116 Å². The molecule has 4 heteroatoms. The molecule has 0 saturated carbocycles. The summed E-state index contributed by atoms with van der Waals surface area (Å²) in [6, 6.07) is 8.84. The molecule has 0 radical (unpaired) electrons. The quantitative estimate of drug-likeness (QED) is 0.121. The highest BCUT2D eigenvalue weighted by Crippen LogP contribution is 2.50. The highest BCUT2D eigenvalue weighted by Gasteiger charge is 2.23. The molecule has 4 aromatic rings. The molecule has 2 atom stereocenters. The van der Waals surface area contributed by atoms with Crippen molar-refractivity contribution in [3.63, 3.8) is 0 Å². The van der Waals surface area contributed by atoms with E-state index in [0.717, 1.165) is 36.5 Å². The fourth-order valence-corrected chi connectivity index (χ4v) is 9.86. The van der Waals surface area contributed by atoms with Gasteiger partial charge in [-0.25, -0.2) is 0 Å². The van der Waals surface area contributed by atoms with Gasteiger partial charge in [0, 0.05) is 33.7 Å². The molecular weight excluding hydrogens is 585 g/mol. The van der Waals surface area contributed by atoms with Crippen molar-refractivity contribution in [2.24, 2.45) is 23.7 Å². The Morgan fingerprint density at radius 1 is 0.571 bits per heavy atom. The average Bonchev–Trinajstić information content (AvgIpc) is 3.74. The van der Waals surface area contributed by atoms with Gasteiger partial charge in [0.15, 0.2) is 0 Å². The largest absolute Gasteiger partial charge is 0.144 e. The minimum absolute atomic E-state index is 0.747. The number of hydrogen-bond acceptors (Lipinski definition) is 4. The molecule has 0 saturated heterocycles. The summed E-state index contributed by atoms with van der Waals surface area (Å²) in [5.41, 5.74) is 2.66. The van der Waals surface area contributed by atoms with Crippen LogP contribution in [0.4, 0.5) is 0 Å². The minimum atomic E-state index is 0.747. The third kappa shape index (κ3) is 9.59. The summed E-state index contributed by atoms with van der Waals surface area (Å²) in [7, 11) is 0. The predicted molar refractivity (Wildman–Crippen MR) is 194 cm³/mol. The van der Waals surface area contributed by atoms with Crippen molar-refractivity contribution in [3.05, 3.63) is 44.8 Å². The van der Waals surface area contributed by atoms with Crippen LogP contribution in [0.3, 0.4) is 0 Å². The molecule has 0 bridgehead atoms. The summed E-state index contributed by atoms with van der Waals surface area (Å²) in [6.45, 7) is 14.1. The van der Waals surface area contributed by atoms with Gasteiger partial charge in [-0.05, 0) is 59.4 Å². The van der Waals surface area contributed by atoms with Crippen LogP contribution in [-0.4, -0.2) is 0 Å². The average molecular weight is 633 g/mol. The van der Waals surface area contributed by atoms with E-state index in [1.54, 1.807) is 0 Å². The first kappa shape index (κ1) is 33.1. The summed E-state index contributed by atoms with van der Waals surface area (Å²) in [5.74, 6) is 17.5. The lowest BCUT2D eigenvalue weighted by molar-refractivity contribution is 0.440. The second kappa shape index (κ2) is 16.9. The van der Waals surface area contributed by atoms with Crippen LogP contribution in [0.5, 0.6) is 0 Å². The normalized spacial score (nSPS) is 12.9. The summed E-state index contributed by atoms with van der Waals surface area (Å²) in [4.78, 5) is 5.08. The molecule has 0 nitrogen and oxygen atoms in total. The number of hydrogen-bond donors (Lipinski definition) is 0. The first-order chi connectivity index (χ1) is 20.3. The molecule has 0 aliphatic heterocycles. The van der Waals surface area contributed by atoms with E-state index in [1.807, 2.05) is 45.3 Å².